The fraction of sp³-hybridized carbons (Fsp3) is 0.0323. The quantitative estimate of drug-likeness (QED) is 0.282. The first-order chi connectivity index (χ1) is 16.4. The van der Waals surface area contributed by atoms with Crippen molar-refractivity contribution in [3.05, 3.63) is 127 Å². The second-order valence-corrected chi connectivity index (χ2v) is 8.64. The van der Waals surface area contributed by atoms with Gasteiger partial charge >= 0.3 is 0 Å². The molecule has 6 aromatic rings. The summed E-state index contributed by atoms with van der Waals surface area (Å²) < 4.78 is 2.49. The van der Waals surface area contributed by atoms with Gasteiger partial charge in [-0.15, -0.1) is 0 Å². The summed E-state index contributed by atoms with van der Waals surface area (Å²) in [7, 11) is 0. The molecule has 5 aromatic carbocycles. The number of fused-ring (bicyclic) bond motifs is 7. The third-order valence-electron chi connectivity index (χ3n) is 6.83. The Morgan fingerprint density at radius 3 is 1.67 bits per heavy atom. The second kappa shape index (κ2) is 7.11. The summed E-state index contributed by atoms with van der Waals surface area (Å²) in [5, 5.41) is 11.4. The zero-order chi connectivity index (χ0) is 21.8. The van der Waals surface area contributed by atoms with E-state index in [-0.39, 0.29) is 6.17 Å². The molecule has 1 aromatic heterocycles. The van der Waals surface area contributed by atoms with Gasteiger partial charge < -0.3 is 9.88 Å². The molecule has 1 unspecified atom stereocenters. The van der Waals surface area contributed by atoms with Crippen LogP contribution in [0.15, 0.2) is 121 Å². The number of nitrogens with zero attached hydrogens (tertiary/aromatic N) is 1. The van der Waals surface area contributed by atoms with Crippen molar-refractivity contribution in [3.63, 3.8) is 0 Å². The van der Waals surface area contributed by atoms with E-state index in [2.05, 4.69) is 131 Å². The average Bonchev–Trinajstić information content (AvgIpc) is 3.30. The molecule has 0 spiro atoms. The first-order valence-electron chi connectivity index (χ1n) is 11.4. The van der Waals surface area contributed by atoms with Crippen LogP contribution < -0.4 is 5.32 Å². The van der Waals surface area contributed by atoms with E-state index >= 15 is 0 Å². The first kappa shape index (κ1) is 18.3. The van der Waals surface area contributed by atoms with E-state index in [4.69, 9.17) is 0 Å². The number of aromatic nitrogens is 1. The highest BCUT2D eigenvalue weighted by atomic mass is 15.2. The molecule has 1 N–H and O–H groups in total. The van der Waals surface area contributed by atoms with Gasteiger partial charge in [0.15, 0.2) is 0 Å². The number of para-hydroxylation sites is 2. The van der Waals surface area contributed by atoms with Gasteiger partial charge in [0.2, 0.25) is 0 Å². The predicted octanol–water partition coefficient (Wildman–Crippen LogP) is 8.20. The van der Waals surface area contributed by atoms with Crippen molar-refractivity contribution >= 4 is 49.0 Å². The van der Waals surface area contributed by atoms with Crippen LogP contribution in [0.2, 0.25) is 0 Å². The van der Waals surface area contributed by atoms with E-state index in [1.54, 1.807) is 0 Å². The SMILES string of the molecule is c1ccc(C2Nc3cccc4c5ccccc5c5ccccc5c5ccccc5n2c34)cc1. The van der Waals surface area contributed by atoms with Crippen LogP contribution in [0.4, 0.5) is 5.69 Å². The molecule has 0 bridgehead atoms. The van der Waals surface area contributed by atoms with Gasteiger partial charge in [-0.2, -0.15) is 0 Å². The zero-order valence-electron chi connectivity index (χ0n) is 18.1. The molecule has 1 aliphatic rings. The van der Waals surface area contributed by atoms with Gasteiger partial charge in [-0.05, 0) is 39.2 Å². The standard InChI is InChI=1S/C31H22N2/c1-2-11-21(12-3-1)31-32-28-19-10-18-27-25-16-7-5-14-23(25)22-13-4-6-15-24(22)26-17-8-9-20-29(26)33(31)30(27)28/h1-20,31-32H. The Bertz CT molecular complexity index is 1740. The lowest BCUT2D eigenvalue weighted by molar-refractivity contribution is 0.726. The molecule has 0 fully saturated rings. The Balaban J connectivity index is 1.85. The molecule has 0 aliphatic carbocycles. The lowest BCUT2D eigenvalue weighted by Gasteiger charge is -2.18. The molecule has 1 aliphatic heterocycles. The smallest absolute Gasteiger partial charge is 0.130 e. The summed E-state index contributed by atoms with van der Waals surface area (Å²) >= 11 is 0. The summed E-state index contributed by atoms with van der Waals surface area (Å²) in [4.78, 5) is 0. The highest BCUT2D eigenvalue weighted by molar-refractivity contribution is 6.20. The minimum absolute atomic E-state index is 0.0147. The van der Waals surface area contributed by atoms with Crippen molar-refractivity contribution in [1.29, 1.82) is 0 Å². The summed E-state index contributed by atoms with van der Waals surface area (Å²) in [6.45, 7) is 0. The van der Waals surface area contributed by atoms with Gasteiger partial charge in [-0.1, -0.05) is 109 Å². The molecule has 0 saturated carbocycles. The molecule has 2 heterocycles. The summed E-state index contributed by atoms with van der Waals surface area (Å²) in [5.41, 5.74) is 4.86. The molecule has 2 heteroatoms. The predicted molar refractivity (Wildman–Crippen MR) is 140 cm³/mol. The summed E-state index contributed by atoms with van der Waals surface area (Å²) in [6.07, 6.45) is 0.0147. The number of nitrogens with one attached hydrogen (secondary N) is 1. The maximum atomic E-state index is 3.83. The normalized spacial score (nSPS) is 14.6. The topological polar surface area (TPSA) is 17.0 Å². The van der Waals surface area contributed by atoms with Crippen molar-refractivity contribution in [2.75, 3.05) is 5.32 Å². The molecule has 2 nitrogen and oxygen atoms in total. The fourth-order valence-electron chi connectivity index (χ4n) is 5.42. The number of rotatable bonds is 1. The Hall–Kier alpha value is -4.30. The fourth-order valence-corrected chi connectivity index (χ4v) is 5.42. The minimum atomic E-state index is 0.0147. The van der Waals surface area contributed by atoms with Gasteiger partial charge in [0.1, 0.15) is 6.17 Å². The Labute approximate surface area is 192 Å². The molecule has 33 heavy (non-hydrogen) atoms. The average molecular weight is 423 g/mol. The van der Waals surface area contributed by atoms with E-state index in [0.717, 1.165) is 5.69 Å². The van der Waals surface area contributed by atoms with E-state index in [1.807, 2.05) is 0 Å². The number of hydrogen-bond acceptors (Lipinski definition) is 1. The van der Waals surface area contributed by atoms with Crippen LogP contribution in [0.1, 0.15) is 11.7 Å². The lowest BCUT2D eigenvalue weighted by Crippen LogP contribution is -2.13. The van der Waals surface area contributed by atoms with E-state index in [1.165, 1.54) is 48.9 Å². The minimum Gasteiger partial charge on any atom is -0.359 e. The highest BCUT2D eigenvalue weighted by Crippen LogP contribution is 2.41. The maximum Gasteiger partial charge on any atom is 0.130 e. The summed E-state index contributed by atoms with van der Waals surface area (Å²) in [6, 6.07) is 43.8. The van der Waals surface area contributed by atoms with Crippen molar-refractivity contribution in [2.24, 2.45) is 0 Å². The third kappa shape index (κ3) is 2.68. The Kier molecular flexibility index (Phi) is 3.94. The largest absolute Gasteiger partial charge is 0.359 e. The van der Waals surface area contributed by atoms with Crippen molar-refractivity contribution in [2.45, 2.75) is 6.17 Å². The second-order valence-electron chi connectivity index (χ2n) is 8.64. The first-order valence-corrected chi connectivity index (χ1v) is 11.4. The van der Waals surface area contributed by atoms with Crippen molar-refractivity contribution in [3.8, 4) is 0 Å². The van der Waals surface area contributed by atoms with Gasteiger partial charge in [0.25, 0.3) is 0 Å². The van der Waals surface area contributed by atoms with E-state index in [9.17, 15) is 0 Å². The van der Waals surface area contributed by atoms with Crippen LogP contribution in [0.25, 0.3) is 43.4 Å². The lowest BCUT2D eigenvalue weighted by atomic mass is 10.0. The van der Waals surface area contributed by atoms with Gasteiger partial charge in [0, 0.05) is 10.8 Å². The Morgan fingerprint density at radius 2 is 0.970 bits per heavy atom. The number of hydrogen-bond donors (Lipinski definition) is 1. The molecule has 156 valence electrons. The molecular formula is C31H22N2. The number of anilines is 1. The van der Waals surface area contributed by atoms with E-state index < -0.39 is 0 Å². The summed E-state index contributed by atoms with van der Waals surface area (Å²) in [5.74, 6) is 0. The van der Waals surface area contributed by atoms with E-state index in [0.29, 0.717) is 0 Å². The molecule has 7 rings (SSSR count). The Morgan fingerprint density at radius 1 is 0.455 bits per heavy atom. The molecule has 1 atom stereocenters. The molecule has 0 amide bonds. The van der Waals surface area contributed by atoms with Gasteiger partial charge in [0.05, 0.1) is 16.7 Å². The zero-order valence-corrected chi connectivity index (χ0v) is 18.1. The molecule has 0 saturated heterocycles. The van der Waals surface area contributed by atoms with Crippen molar-refractivity contribution in [1.82, 2.24) is 4.57 Å². The third-order valence-corrected chi connectivity index (χ3v) is 6.83. The molecule has 0 radical (unpaired) electrons. The van der Waals surface area contributed by atoms with Gasteiger partial charge in [-0.3, -0.25) is 0 Å². The van der Waals surface area contributed by atoms with Crippen LogP contribution in [0.3, 0.4) is 0 Å². The van der Waals surface area contributed by atoms with Crippen LogP contribution in [-0.4, -0.2) is 4.57 Å². The monoisotopic (exact) mass is 422 g/mol. The maximum absolute atomic E-state index is 3.83. The van der Waals surface area contributed by atoms with Crippen LogP contribution in [0.5, 0.6) is 0 Å². The highest BCUT2D eigenvalue weighted by Gasteiger charge is 2.25. The van der Waals surface area contributed by atoms with Crippen molar-refractivity contribution < 1.29 is 0 Å². The van der Waals surface area contributed by atoms with Crippen LogP contribution in [-0.2, 0) is 0 Å². The molecular weight excluding hydrogens is 400 g/mol. The number of benzene rings is 5. The van der Waals surface area contributed by atoms with Gasteiger partial charge in [-0.25, -0.2) is 0 Å². The van der Waals surface area contributed by atoms with Crippen LogP contribution >= 0.6 is 0 Å². The van der Waals surface area contributed by atoms with Crippen LogP contribution in [0, 0.1) is 0 Å².